The van der Waals surface area contributed by atoms with Crippen LogP contribution in [0.15, 0.2) is 47.4 Å². The van der Waals surface area contributed by atoms with Gasteiger partial charge in [0.2, 0.25) is 0 Å². The zero-order chi connectivity index (χ0) is 19.5. The summed E-state index contributed by atoms with van der Waals surface area (Å²) in [5.41, 5.74) is 5.91. The van der Waals surface area contributed by atoms with Crippen molar-refractivity contribution in [3.8, 4) is 0 Å². The van der Waals surface area contributed by atoms with Gasteiger partial charge in [-0.15, -0.1) is 0 Å². The molecular weight excluding hydrogens is 357 g/mol. The first-order valence-electron chi connectivity index (χ1n) is 7.95. The molecule has 0 spiro atoms. The third kappa shape index (κ3) is 5.03. The predicted octanol–water partition coefficient (Wildman–Crippen LogP) is 2.40. The van der Waals surface area contributed by atoms with Crippen LogP contribution in [-0.2, 0) is 10.0 Å². The number of carbonyl (C=O) groups is 1. The lowest BCUT2D eigenvalue weighted by molar-refractivity contribution is 0.0945. The second-order valence-corrected chi connectivity index (χ2v) is 8.42. The smallest absolute Gasteiger partial charge is 0.262 e. The van der Waals surface area contributed by atoms with Crippen LogP contribution in [0.25, 0.3) is 0 Å². The van der Waals surface area contributed by atoms with Gasteiger partial charge in [0.25, 0.3) is 15.9 Å². The van der Waals surface area contributed by atoms with Crippen LogP contribution >= 0.6 is 0 Å². The lowest BCUT2D eigenvalue weighted by Crippen LogP contribution is -2.45. The molecule has 8 heteroatoms. The van der Waals surface area contributed by atoms with Crippen LogP contribution in [0.4, 0.5) is 10.1 Å². The normalized spacial score (nSPS) is 11.9. The summed E-state index contributed by atoms with van der Waals surface area (Å²) in [6.07, 6.45) is 0. The zero-order valence-electron chi connectivity index (χ0n) is 14.8. The van der Waals surface area contributed by atoms with Crippen LogP contribution in [0.3, 0.4) is 0 Å². The maximum absolute atomic E-state index is 13.7. The van der Waals surface area contributed by atoms with Gasteiger partial charge in [0.05, 0.1) is 10.6 Å². The predicted molar refractivity (Wildman–Crippen MR) is 99.0 cm³/mol. The molecule has 4 N–H and O–H groups in total. The molecule has 26 heavy (non-hydrogen) atoms. The van der Waals surface area contributed by atoms with Crippen molar-refractivity contribution in [1.82, 2.24) is 5.32 Å². The molecule has 0 radical (unpaired) electrons. The molecule has 6 nitrogen and oxygen atoms in total. The Balaban J connectivity index is 2.30. The quantitative estimate of drug-likeness (QED) is 0.717. The summed E-state index contributed by atoms with van der Waals surface area (Å²) in [6.45, 7) is 5.46. The highest BCUT2D eigenvalue weighted by molar-refractivity contribution is 7.92. The fourth-order valence-corrected chi connectivity index (χ4v) is 3.26. The van der Waals surface area contributed by atoms with E-state index in [1.165, 1.54) is 36.4 Å². The highest BCUT2D eigenvalue weighted by atomic mass is 32.2. The van der Waals surface area contributed by atoms with Gasteiger partial charge in [-0.2, -0.15) is 0 Å². The first-order chi connectivity index (χ1) is 12.0. The number of hydrogen-bond acceptors (Lipinski definition) is 4. The fourth-order valence-electron chi connectivity index (χ4n) is 2.16. The van der Waals surface area contributed by atoms with Crippen LogP contribution in [0, 0.1) is 12.7 Å². The molecule has 140 valence electrons. The van der Waals surface area contributed by atoms with Gasteiger partial charge in [-0.3, -0.25) is 9.52 Å². The number of nitrogens with two attached hydrogens (primary N) is 1. The number of para-hydroxylation sites is 1. The molecule has 2 rings (SSSR count). The lowest BCUT2D eigenvalue weighted by Gasteiger charge is -2.19. The Bertz CT molecular complexity index is 922. The Kier molecular flexibility index (Phi) is 5.68. The number of benzene rings is 2. The molecule has 0 unspecified atom stereocenters. The molecule has 0 fully saturated rings. The number of carbonyl (C=O) groups excluding carboxylic acids is 1. The van der Waals surface area contributed by atoms with Crippen LogP contribution < -0.4 is 15.8 Å². The van der Waals surface area contributed by atoms with Crippen LogP contribution in [0.1, 0.15) is 29.8 Å². The molecule has 0 aliphatic heterocycles. The van der Waals surface area contributed by atoms with Gasteiger partial charge < -0.3 is 11.1 Å². The Hall–Kier alpha value is -2.45. The number of hydrogen-bond donors (Lipinski definition) is 3. The standard InChI is InChI=1S/C18H22FN3O3S/c1-12-8-9-13(10-14(12)17(23)21-11-18(2,3)20)26(24,25)22-16-7-5-4-6-15(16)19/h4-10,22H,11,20H2,1-3H3,(H,21,23). The van der Waals surface area contributed by atoms with Crippen LogP contribution in [0.5, 0.6) is 0 Å². The van der Waals surface area contributed by atoms with E-state index in [1.54, 1.807) is 20.8 Å². The first kappa shape index (κ1) is 19.9. The second kappa shape index (κ2) is 7.43. The van der Waals surface area contributed by atoms with Crippen molar-refractivity contribution in [2.75, 3.05) is 11.3 Å². The number of nitrogens with one attached hydrogen (secondary N) is 2. The summed E-state index contributed by atoms with van der Waals surface area (Å²) < 4.78 is 41.0. The zero-order valence-corrected chi connectivity index (χ0v) is 15.7. The summed E-state index contributed by atoms with van der Waals surface area (Å²) in [5.74, 6) is -1.12. The summed E-state index contributed by atoms with van der Waals surface area (Å²) in [6, 6.07) is 9.60. The highest BCUT2D eigenvalue weighted by Gasteiger charge is 2.20. The molecule has 2 aromatic rings. The molecule has 2 aromatic carbocycles. The van der Waals surface area contributed by atoms with E-state index in [2.05, 4.69) is 10.0 Å². The van der Waals surface area contributed by atoms with Gasteiger partial charge in [-0.25, -0.2) is 12.8 Å². The molecule has 0 atom stereocenters. The van der Waals surface area contributed by atoms with E-state index in [0.717, 1.165) is 6.07 Å². The molecule has 0 saturated carbocycles. The largest absolute Gasteiger partial charge is 0.350 e. The molecule has 0 bridgehead atoms. The number of aryl methyl sites for hydroxylation is 1. The van der Waals surface area contributed by atoms with Crippen molar-refractivity contribution in [2.45, 2.75) is 31.2 Å². The third-order valence-electron chi connectivity index (χ3n) is 3.59. The summed E-state index contributed by atoms with van der Waals surface area (Å²) in [7, 11) is -4.05. The highest BCUT2D eigenvalue weighted by Crippen LogP contribution is 2.21. The van der Waals surface area contributed by atoms with Gasteiger partial charge in [0.15, 0.2) is 0 Å². The monoisotopic (exact) mass is 379 g/mol. The van der Waals surface area contributed by atoms with Gasteiger partial charge in [0.1, 0.15) is 5.82 Å². The van der Waals surface area contributed by atoms with Gasteiger partial charge >= 0.3 is 0 Å². The van der Waals surface area contributed by atoms with Crippen molar-refractivity contribution in [3.05, 3.63) is 59.4 Å². The third-order valence-corrected chi connectivity index (χ3v) is 4.95. The number of amides is 1. The Morgan fingerprint density at radius 2 is 1.85 bits per heavy atom. The van der Waals surface area contributed by atoms with Crippen molar-refractivity contribution < 1.29 is 17.6 Å². The number of anilines is 1. The topological polar surface area (TPSA) is 101 Å². The number of rotatable bonds is 6. The van der Waals surface area contributed by atoms with Crippen molar-refractivity contribution >= 4 is 21.6 Å². The van der Waals surface area contributed by atoms with Crippen molar-refractivity contribution in [2.24, 2.45) is 5.73 Å². The molecule has 0 aromatic heterocycles. The molecule has 1 amide bonds. The maximum atomic E-state index is 13.7. The minimum Gasteiger partial charge on any atom is -0.350 e. The Morgan fingerprint density at radius 1 is 1.19 bits per heavy atom. The van der Waals surface area contributed by atoms with Gasteiger partial charge in [0, 0.05) is 17.6 Å². The van der Waals surface area contributed by atoms with Gasteiger partial charge in [-0.05, 0) is 50.6 Å². The molecule has 0 heterocycles. The number of sulfonamides is 1. The van der Waals surface area contributed by atoms with E-state index in [9.17, 15) is 17.6 Å². The molecule has 0 saturated heterocycles. The van der Waals surface area contributed by atoms with Crippen LogP contribution in [0.2, 0.25) is 0 Å². The average molecular weight is 379 g/mol. The fraction of sp³-hybridized carbons (Fsp3) is 0.278. The minimum atomic E-state index is -4.05. The van der Waals surface area contributed by atoms with Crippen LogP contribution in [-0.4, -0.2) is 26.4 Å². The SMILES string of the molecule is Cc1ccc(S(=O)(=O)Nc2ccccc2F)cc1C(=O)NCC(C)(C)N. The van der Waals surface area contributed by atoms with E-state index in [1.807, 2.05) is 0 Å². The van der Waals surface area contributed by atoms with E-state index >= 15 is 0 Å². The number of halogens is 1. The van der Waals surface area contributed by atoms with E-state index < -0.39 is 27.3 Å². The Morgan fingerprint density at radius 3 is 2.46 bits per heavy atom. The van der Waals surface area contributed by atoms with E-state index in [4.69, 9.17) is 5.73 Å². The van der Waals surface area contributed by atoms with E-state index in [-0.39, 0.29) is 22.7 Å². The summed E-state index contributed by atoms with van der Waals surface area (Å²) in [4.78, 5) is 12.2. The maximum Gasteiger partial charge on any atom is 0.262 e. The van der Waals surface area contributed by atoms with Crippen molar-refractivity contribution in [3.63, 3.8) is 0 Å². The molecule has 0 aliphatic carbocycles. The van der Waals surface area contributed by atoms with Crippen molar-refractivity contribution in [1.29, 1.82) is 0 Å². The minimum absolute atomic E-state index is 0.136. The molecule has 0 aliphatic rings. The first-order valence-corrected chi connectivity index (χ1v) is 9.43. The van der Waals surface area contributed by atoms with Gasteiger partial charge in [-0.1, -0.05) is 18.2 Å². The summed E-state index contributed by atoms with van der Waals surface area (Å²) in [5, 5.41) is 2.68. The lowest BCUT2D eigenvalue weighted by atomic mass is 10.1. The summed E-state index contributed by atoms with van der Waals surface area (Å²) >= 11 is 0. The van der Waals surface area contributed by atoms with E-state index in [0.29, 0.717) is 5.56 Å². The Labute approximate surface area is 152 Å². The average Bonchev–Trinajstić information content (AvgIpc) is 2.54. The molecular formula is C18H22FN3O3S. The second-order valence-electron chi connectivity index (χ2n) is 6.73.